The second kappa shape index (κ2) is 5.43. The first-order valence-corrected chi connectivity index (χ1v) is 6.77. The number of para-hydroxylation sites is 1. The molecule has 1 atom stereocenters. The molecule has 0 saturated heterocycles. The zero-order chi connectivity index (χ0) is 13.9. The molecule has 4 nitrogen and oxygen atoms in total. The minimum Gasteiger partial charge on any atom is -0.311 e. The van der Waals surface area contributed by atoms with Gasteiger partial charge in [0.25, 0.3) is 0 Å². The lowest BCUT2D eigenvalue weighted by atomic mass is 10.00. The van der Waals surface area contributed by atoms with E-state index in [4.69, 9.17) is 0 Å². The fourth-order valence-electron chi connectivity index (χ4n) is 2.63. The second-order valence-corrected chi connectivity index (χ2v) is 4.91. The lowest BCUT2D eigenvalue weighted by molar-refractivity contribution is 0.538. The van der Waals surface area contributed by atoms with E-state index in [1.807, 2.05) is 37.2 Å². The molecule has 0 fully saturated rings. The minimum absolute atomic E-state index is 0.244. The van der Waals surface area contributed by atoms with E-state index in [-0.39, 0.29) is 6.04 Å². The van der Waals surface area contributed by atoms with Crippen LogP contribution in [0, 0.1) is 0 Å². The fourth-order valence-corrected chi connectivity index (χ4v) is 2.63. The van der Waals surface area contributed by atoms with Gasteiger partial charge in [-0.05, 0) is 37.2 Å². The van der Waals surface area contributed by atoms with Gasteiger partial charge in [0.15, 0.2) is 0 Å². The Morgan fingerprint density at radius 3 is 2.75 bits per heavy atom. The van der Waals surface area contributed by atoms with Crippen molar-refractivity contribution in [3.05, 3.63) is 60.0 Å². The molecule has 20 heavy (non-hydrogen) atoms. The van der Waals surface area contributed by atoms with E-state index in [2.05, 4.69) is 45.7 Å². The predicted octanol–water partition coefficient (Wildman–Crippen LogP) is 2.47. The van der Waals surface area contributed by atoms with Gasteiger partial charge >= 0.3 is 0 Å². The number of hydrogen-bond donors (Lipinski definition) is 1. The second-order valence-electron chi connectivity index (χ2n) is 4.91. The van der Waals surface area contributed by atoms with Crippen molar-refractivity contribution in [1.82, 2.24) is 20.1 Å². The van der Waals surface area contributed by atoms with Gasteiger partial charge in [-0.1, -0.05) is 18.2 Å². The van der Waals surface area contributed by atoms with Gasteiger partial charge in [-0.2, -0.15) is 5.10 Å². The quantitative estimate of drug-likeness (QED) is 0.789. The molecule has 0 radical (unpaired) electrons. The van der Waals surface area contributed by atoms with Crippen molar-refractivity contribution < 1.29 is 0 Å². The summed E-state index contributed by atoms with van der Waals surface area (Å²) in [5, 5.41) is 8.85. The molecule has 3 aromatic rings. The number of likely N-dealkylation sites (N-methyl/N-ethyl adjacent to an activating group) is 1. The van der Waals surface area contributed by atoms with Crippen LogP contribution in [0.5, 0.6) is 0 Å². The van der Waals surface area contributed by atoms with E-state index in [1.165, 1.54) is 16.6 Å². The Hall–Kier alpha value is -2.20. The van der Waals surface area contributed by atoms with Gasteiger partial charge in [0, 0.05) is 24.8 Å². The van der Waals surface area contributed by atoms with Crippen molar-refractivity contribution in [3.8, 4) is 0 Å². The highest BCUT2D eigenvalue weighted by Crippen LogP contribution is 2.22. The highest BCUT2D eigenvalue weighted by molar-refractivity contribution is 5.81. The molecule has 4 heteroatoms. The number of fused-ring (bicyclic) bond motifs is 1. The molecule has 0 aliphatic carbocycles. The number of benzene rings is 1. The summed E-state index contributed by atoms with van der Waals surface area (Å²) in [6.45, 7) is 0. The smallest absolute Gasteiger partial charge is 0.0704 e. The molecule has 0 aliphatic rings. The van der Waals surface area contributed by atoms with Crippen molar-refractivity contribution >= 4 is 10.9 Å². The van der Waals surface area contributed by atoms with Gasteiger partial charge in [0.1, 0.15) is 0 Å². The maximum absolute atomic E-state index is 4.42. The topological polar surface area (TPSA) is 42.7 Å². The van der Waals surface area contributed by atoms with Crippen LogP contribution in [0.3, 0.4) is 0 Å². The molecule has 0 spiro atoms. The van der Waals surface area contributed by atoms with Crippen molar-refractivity contribution in [3.63, 3.8) is 0 Å². The van der Waals surface area contributed by atoms with E-state index in [0.29, 0.717) is 0 Å². The van der Waals surface area contributed by atoms with Crippen LogP contribution in [0.1, 0.15) is 17.3 Å². The first kappa shape index (κ1) is 12.8. The molecule has 1 aromatic carbocycles. The molecule has 2 aromatic heterocycles. The maximum atomic E-state index is 4.42. The monoisotopic (exact) mass is 266 g/mol. The summed E-state index contributed by atoms with van der Waals surface area (Å²) in [5.41, 5.74) is 3.54. The van der Waals surface area contributed by atoms with Crippen LogP contribution < -0.4 is 5.32 Å². The number of pyridine rings is 1. The molecule has 1 unspecified atom stereocenters. The Kier molecular flexibility index (Phi) is 3.48. The van der Waals surface area contributed by atoms with Gasteiger partial charge in [0.05, 0.1) is 17.3 Å². The van der Waals surface area contributed by atoms with Crippen LogP contribution in [-0.4, -0.2) is 21.8 Å². The summed E-state index contributed by atoms with van der Waals surface area (Å²) < 4.78 is 1.92. The molecule has 1 N–H and O–H groups in total. The van der Waals surface area contributed by atoms with E-state index in [0.717, 1.165) is 11.9 Å². The first-order valence-electron chi connectivity index (χ1n) is 6.77. The molecular formula is C16H18N4. The van der Waals surface area contributed by atoms with Crippen LogP contribution in [0.15, 0.2) is 48.8 Å². The SMILES string of the molecule is CNC(Cc1ccnc2ccccc12)c1ccnn1C. The first-order chi connectivity index (χ1) is 9.79. The Balaban J connectivity index is 1.98. The Labute approximate surface area is 118 Å². The number of nitrogens with one attached hydrogen (secondary N) is 1. The van der Waals surface area contributed by atoms with E-state index < -0.39 is 0 Å². The Morgan fingerprint density at radius 2 is 2.00 bits per heavy atom. The van der Waals surface area contributed by atoms with Crippen LogP contribution in [-0.2, 0) is 13.5 Å². The maximum Gasteiger partial charge on any atom is 0.0704 e. The lowest BCUT2D eigenvalue weighted by Crippen LogP contribution is -2.21. The number of nitrogens with zero attached hydrogens (tertiary/aromatic N) is 3. The third kappa shape index (κ3) is 2.30. The number of aryl methyl sites for hydroxylation is 1. The van der Waals surface area contributed by atoms with Crippen molar-refractivity contribution in [1.29, 1.82) is 0 Å². The fraction of sp³-hybridized carbons (Fsp3) is 0.250. The van der Waals surface area contributed by atoms with Crippen LogP contribution in [0.4, 0.5) is 0 Å². The molecule has 0 aliphatic heterocycles. The predicted molar refractivity (Wildman–Crippen MR) is 80.5 cm³/mol. The largest absolute Gasteiger partial charge is 0.311 e. The highest BCUT2D eigenvalue weighted by atomic mass is 15.3. The van der Waals surface area contributed by atoms with E-state index in [1.54, 1.807) is 0 Å². The lowest BCUT2D eigenvalue weighted by Gasteiger charge is -2.17. The standard InChI is InChI=1S/C16H18N4/c1-17-15(16-8-10-19-20(16)2)11-12-7-9-18-14-6-4-3-5-13(12)14/h3-10,15,17H,11H2,1-2H3. The molecular weight excluding hydrogens is 248 g/mol. The van der Waals surface area contributed by atoms with Crippen molar-refractivity contribution in [2.45, 2.75) is 12.5 Å². The minimum atomic E-state index is 0.244. The summed E-state index contributed by atoms with van der Waals surface area (Å²) in [6, 6.07) is 12.7. The van der Waals surface area contributed by atoms with Crippen molar-refractivity contribution in [2.75, 3.05) is 7.05 Å². The molecule has 3 rings (SSSR count). The van der Waals surface area contributed by atoms with Crippen LogP contribution in [0.25, 0.3) is 10.9 Å². The van der Waals surface area contributed by atoms with Crippen molar-refractivity contribution in [2.24, 2.45) is 7.05 Å². The molecule has 2 heterocycles. The zero-order valence-electron chi connectivity index (χ0n) is 11.7. The third-order valence-electron chi connectivity index (χ3n) is 3.73. The average Bonchev–Trinajstić information content (AvgIpc) is 2.91. The Morgan fingerprint density at radius 1 is 1.15 bits per heavy atom. The molecule has 0 saturated carbocycles. The third-order valence-corrected chi connectivity index (χ3v) is 3.73. The number of aromatic nitrogens is 3. The van der Waals surface area contributed by atoms with Gasteiger partial charge in [-0.15, -0.1) is 0 Å². The summed E-state index contributed by atoms with van der Waals surface area (Å²) in [6.07, 6.45) is 4.64. The van der Waals surface area contributed by atoms with Gasteiger partial charge in [0.2, 0.25) is 0 Å². The molecule has 0 amide bonds. The Bertz CT molecular complexity index is 712. The van der Waals surface area contributed by atoms with E-state index in [9.17, 15) is 0 Å². The van der Waals surface area contributed by atoms with Crippen LogP contribution in [0.2, 0.25) is 0 Å². The zero-order valence-corrected chi connectivity index (χ0v) is 11.7. The summed E-state index contributed by atoms with van der Waals surface area (Å²) in [5.74, 6) is 0. The van der Waals surface area contributed by atoms with Crippen LogP contribution >= 0.6 is 0 Å². The summed E-state index contributed by atoms with van der Waals surface area (Å²) >= 11 is 0. The molecule has 0 bridgehead atoms. The van der Waals surface area contributed by atoms with Gasteiger partial charge in [-0.25, -0.2) is 0 Å². The van der Waals surface area contributed by atoms with Gasteiger partial charge in [-0.3, -0.25) is 9.67 Å². The normalized spacial score (nSPS) is 12.7. The number of hydrogen-bond acceptors (Lipinski definition) is 3. The van der Waals surface area contributed by atoms with Gasteiger partial charge < -0.3 is 5.32 Å². The number of rotatable bonds is 4. The molecule has 102 valence electrons. The average molecular weight is 266 g/mol. The van der Waals surface area contributed by atoms with E-state index >= 15 is 0 Å². The highest BCUT2D eigenvalue weighted by Gasteiger charge is 2.15. The summed E-state index contributed by atoms with van der Waals surface area (Å²) in [4.78, 5) is 4.42. The summed E-state index contributed by atoms with van der Waals surface area (Å²) in [7, 11) is 3.96.